The minimum absolute atomic E-state index is 0.129. The van der Waals surface area contributed by atoms with Gasteiger partial charge in [0.2, 0.25) is 12.2 Å². The summed E-state index contributed by atoms with van der Waals surface area (Å²) in [6, 6.07) is 7.75. The van der Waals surface area contributed by atoms with Gasteiger partial charge in [-0.15, -0.1) is 5.10 Å². The molecule has 184 valence electrons. The maximum atomic E-state index is 10.3. The van der Waals surface area contributed by atoms with Crippen LogP contribution in [0.15, 0.2) is 24.3 Å². The van der Waals surface area contributed by atoms with E-state index in [0.29, 0.717) is 19.6 Å². The third-order valence-corrected chi connectivity index (χ3v) is 5.69. The van der Waals surface area contributed by atoms with E-state index in [1.165, 1.54) is 0 Å². The van der Waals surface area contributed by atoms with E-state index in [-0.39, 0.29) is 11.8 Å². The zero-order valence-electron chi connectivity index (χ0n) is 19.1. The van der Waals surface area contributed by atoms with E-state index in [1.54, 1.807) is 0 Å². The molecule has 1 aliphatic rings. The normalized spacial score (nSPS) is 25.4. The molecule has 0 amide bonds. The van der Waals surface area contributed by atoms with Gasteiger partial charge >= 0.3 is 0 Å². The summed E-state index contributed by atoms with van der Waals surface area (Å²) in [4.78, 5) is 0. The first-order chi connectivity index (χ1) is 15.8. The van der Waals surface area contributed by atoms with Gasteiger partial charge in [0.05, 0.1) is 13.2 Å². The largest absolute Gasteiger partial charge is 0.494 e. The lowest BCUT2D eigenvalue weighted by Crippen LogP contribution is -2.60. The molecule has 1 aromatic carbocycles. The Balaban J connectivity index is 1.74. The molecule has 0 radical (unpaired) electrons. The number of H-pyrrole nitrogens is 1. The molecule has 1 fully saturated rings. The van der Waals surface area contributed by atoms with Crippen molar-refractivity contribution in [2.24, 2.45) is 5.73 Å². The average Bonchev–Trinajstić information content (AvgIpc) is 3.20. The quantitative estimate of drug-likeness (QED) is 0.258. The lowest BCUT2D eigenvalue weighted by molar-refractivity contribution is -0.278. The van der Waals surface area contributed by atoms with Crippen molar-refractivity contribution >= 4 is 0 Å². The van der Waals surface area contributed by atoms with Crippen molar-refractivity contribution in [3.05, 3.63) is 41.1 Å². The lowest BCUT2D eigenvalue weighted by Gasteiger charge is -2.39. The lowest BCUT2D eigenvalue weighted by atomic mass is 9.98. The van der Waals surface area contributed by atoms with E-state index >= 15 is 0 Å². The Bertz CT molecular complexity index is 856. The highest BCUT2D eigenvalue weighted by molar-refractivity contribution is 5.39. The monoisotopic (exact) mass is 465 g/mol. The summed E-state index contributed by atoms with van der Waals surface area (Å²) in [6.45, 7) is 4.78. The molecule has 0 aliphatic carbocycles. The zero-order chi connectivity index (χ0) is 24.0. The summed E-state index contributed by atoms with van der Waals surface area (Å²) in [5.41, 5.74) is 8.17. The van der Waals surface area contributed by atoms with Crippen molar-refractivity contribution < 1.29 is 34.6 Å². The summed E-state index contributed by atoms with van der Waals surface area (Å²) in [5.74, 6) is 1.14. The molecule has 2 heterocycles. The predicted molar refractivity (Wildman–Crippen MR) is 120 cm³/mol. The highest BCUT2D eigenvalue weighted by Gasteiger charge is 2.45. The van der Waals surface area contributed by atoms with Gasteiger partial charge in [0, 0.05) is 17.7 Å². The molecular formula is C23H35N3O7. The second-order valence-corrected chi connectivity index (χ2v) is 8.56. The maximum absolute atomic E-state index is 10.3. The Morgan fingerprint density at radius 1 is 1.09 bits per heavy atom. The number of aliphatic hydroxyl groups excluding tert-OH is 4. The summed E-state index contributed by atoms with van der Waals surface area (Å²) < 4.78 is 17.0. The Hall–Kier alpha value is -2.21. The van der Waals surface area contributed by atoms with Gasteiger partial charge in [-0.3, -0.25) is 5.10 Å². The molecule has 1 aliphatic heterocycles. The van der Waals surface area contributed by atoms with Crippen molar-refractivity contribution in [3.63, 3.8) is 0 Å². The van der Waals surface area contributed by atoms with Gasteiger partial charge in [0.25, 0.3) is 0 Å². The molecule has 7 N–H and O–H groups in total. The molecule has 0 bridgehead atoms. The summed E-state index contributed by atoms with van der Waals surface area (Å²) in [6.07, 6.45) is -4.51. The number of nitrogens with zero attached hydrogens (tertiary/aromatic N) is 1. The third-order valence-electron chi connectivity index (χ3n) is 5.69. The number of nitrogens with two attached hydrogens (primary N) is 1. The van der Waals surface area contributed by atoms with Gasteiger partial charge in [-0.1, -0.05) is 26.0 Å². The summed E-state index contributed by atoms with van der Waals surface area (Å²) in [5, 5.41) is 47.0. The molecule has 1 saturated heterocycles. The number of benzene rings is 1. The second kappa shape index (κ2) is 11.8. The maximum Gasteiger partial charge on any atom is 0.238 e. The number of aromatic amines is 1. The third kappa shape index (κ3) is 6.23. The molecule has 2 aromatic rings. The Labute approximate surface area is 193 Å². The van der Waals surface area contributed by atoms with E-state index in [4.69, 9.17) is 19.9 Å². The van der Waals surface area contributed by atoms with Crippen molar-refractivity contribution in [1.82, 2.24) is 10.2 Å². The van der Waals surface area contributed by atoms with Gasteiger partial charge in [0.1, 0.15) is 30.2 Å². The fraction of sp³-hybridized carbons (Fsp3) is 0.609. The van der Waals surface area contributed by atoms with Crippen molar-refractivity contribution in [2.75, 3.05) is 19.8 Å². The van der Waals surface area contributed by atoms with E-state index < -0.39 is 37.3 Å². The van der Waals surface area contributed by atoms with Crippen LogP contribution in [0.5, 0.6) is 11.6 Å². The second-order valence-electron chi connectivity index (χ2n) is 8.56. The number of aliphatic hydroxyl groups is 4. The van der Waals surface area contributed by atoms with Crippen LogP contribution in [-0.4, -0.2) is 81.1 Å². The molecule has 1 aromatic heterocycles. The molecule has 33 heavy (non-hydrogen) atoms. The fourth-order valence-corrected chi connectivity index (χ4v) is 3.73. The molecule has 10 nitrogen and oxygen atoms in total. The number of aromatic nitrogens is 2. The SMILES string of the molecule is CC(C)c1[nH]nc(O[C@@H]2O[C@H](CO)[C@@H](O)[C@H](O)[C@H]2O)c1Cc1ccc(OCCCCN)cc1. The Kier molecular flexibility index (Phi) is 9.07. The van der Waals surface area contributed by atoms with Crippen LogP contribution >= 0.6 is 0 Å². The minimum atomic E-state index is -1.52. The minimum Gasteiger partial charge on any atom is -0.494 e. The van der Waals surface area contributed by atoms with Crippen LogP contribution in [0.25, 0.3) is 0 Å². The van der Waals surface area contributed by atoms with Gasteiger partial charge in [-0.05, 0) is 43.0 Å². The van der Waals surface area contributed by atoms with Crippen molar-refractivity contribution in [3.8, 4) is 11.6 Å². The topological polar surface area (TPSA) is 163 Å². The van der Waals surface area contributed by atoms with Gasteiger partial charge < -0.3 is 40.4 Å². The van der Waals surface area contributed by atoms with Crippen LogP contribution in [0, 0.1) is 0 Å². The van der Waals surface area contributed by atoms with Gasteiger partial charge in [-0.25, -0.2) is 0 Å². The number of unbranched alkanes of at least 4 members (excludes halogenated alkanes) is 1. The fourth-order valence-electron chi connectivity index (χ4n) is 3.73. The van der Waals surface area contributed by atoms with Crippen LogP contribution in [0.4, 0.5) is 0 Å². The van der Waals surface area contributed by atoms with Gasteiger partial charge in [-0.2, -0.15) is 0 Å². The average molecular weight is 466 g/mol. The Morgan fingerprint density at radius 3 is 2.45 bits per heavy atom. The number of ether oxygens (including phenoxy) is 3. The molecule has 0 unspecified atom stereocenters. The van der Waals surface area contributed by atoms with Crippen LogP contribution in [-0.2, 0) is 11.2 Å². The molecule has 10 heteroatoms. The first kappa shape index (κ1) is 25.4. The van der Waals surface area contributed by atoms with Crippen molar-refractivity contribution in [2.45, 2.75) is 69.7 Å². The van der Waals surface area contributed by atoms with Crippen LogP contribution in [0.3, 0.4) is 0 Å². The van der Waals surface area contributed by atoms with Crippen LogP contribution in [0.1, 0.15) is 49.4 Å². The first-order valence-corrected chi connectivity index (χ1v) is 11.3. The van der Waals surface area contributed by atoms with E-state index in [9.17, 15) is 20.4 Å². The Morgan fingerprint density at radius 2 is 1.82 bits per heavy atom. The highest BCUT2D eigenvalue weighted by Crippen LogP contribution is 2.31. The van der Waals surface area contributed by atoms with E-state index in [1.807, 2.05) is 38.1 Å². The number of rotatable bonds is 11. The number of hydrogen-bond donors (Lipinski definition) is 6. The molecule has 3 rings (SSSR count). The van der Waals surface area contributed by atoms with Gasteiger partial charge in [0.15, 0.2) is 0 Å². The summed E-state index contributed by atoms with van der Waals surface area (Å²) in [7, 11) is 0. The first-order valence-electron chi connectivity index (χ1n) is 11.3. The van der Waals surface area contributed by atoms with Crippen molar-refractivity contribution in [1.29, 1.82) is 0 Å². The van der Waals surface area contributed by atoms with E-state index in [2.05, 4.69) is 10.2 Å². The number of hydrogen-bond acceptors (Lipinski definition) is 9. The van der Waals surface area contributed by atoms with E-state index in [0.717, 1.165) is 35.4 Å². The number of nitrogens with one attached hydrogen (secondary N) is 1. The smallest absolute Gasteiger partial charge is 0.238 e. The predicted octanol–water partition coefficient (Wildman–Crippen LogP) is 0.420. The molecular weight excluding hydrogens is 430 g/mol. The van der Waals surface area contributed by atoms with Crippen LogP contribution < -0.4 is 15.2 Å². The molecule has 5 atom stereocenters. The standard InChI is InChI=1S/C23H35N3O7/c1-13(2)18-16(11-14-5-7-15(8-6-14)31-10-4-3-9-24)22(26-25-18)33-23-21(30)20(29)19(28)17(12-27)32-23/h5-8,13,17,19-21,23,27-30H,3-4,9-12,24H2,1-2H3,(H,25,26)/t17-,19-,20+,21-,23+/m1/s1. The van der Waals surface area contributed by atoms with Crippen LogP contribution in [0.2, 0.25) is 0 Å². The summed E-state index contributed by atoms with van der Waals surface area (Å²) >= 11 is 0. The highest BCUT2D eigenvalue weighted by atomic mass is 16.7. The molecule has 0 saturated carbocycles. The molecule has 0 spiro atoms. The zero-order valence-corrected chi connectivity index (χ0v) is 19.1.